The van der Waals surface area contributed by atoms with Crippen LogP contribution in [-0.4, -0.2) is 11.5 Å². The van der Waals surface area contributed by atoms with Gasteiger partial charge in [0.15, 0.2) is 5.78 Å². The van der Waals surface area contributed by atoms with Crippen molar-refractivity contribution in [3.05, 3.63) is 42.5 Å². The quantitative estimate of drug-likeness (QED) is 0.417. The molecule has 1 nitrogen and oxygen atoms in total. The molecule has 0 fully saturated rings. The van der Waals surface area contributed by atoms with E-state index in [1.807, 2.05) is 30.3 Å². The van der Waals surface area contributed by atoms with Crippen molar-refractivity contribution < 1.29 is 4.79 Å². The fraction of sp³-hybridized carbons (Fsp3) is 0.357. The van der Waals surface area contributed by atoms with Crippen LogP contribution in [-0.2, 0) is 0 Å². The Balaban J connectivity index is 2.63. The molecular weight excluding hydrogens is 216 g/mol. The molecule has 0 unspecified atom stereocenters. The molecule has 0 bridgehead atoms. The molecular formula is C14H18OS. The van der Waals surface area contributed by atoms with Crippen molar-refractivity contribution in [2.45, 2.75) is 25.2 Å². The van der Waals surface area contributed by atoms with E-state index in [1.54, 1.807) is 11.8 Å². The molecule has 0 aromatic heterocycles. The Morgan fingerprint density at radius 3 is 2.50 bits per heavy atom. The summed E-state index contributed by atoms with van der Waals surface area (Å²) in [5.41, 5.74) is 0.816. The van der Waals surface area contributed by atoms with E-state index in [-0.39, 0.29) is 5.78 Å². The van der Waals surface area contributed by atoms with E-state index in [1.165, 1.54) is 4.90 Å². The molecule has 0 saturated heterocycles. The lowest BCUT2D eigenvalue weighted by atomic mass is 10.0. The van der Waals surface area contributed by atoms with Crippen LogP contribution in [0.4, 0.5) is 0 Å². The van der Waals surface area contributed by atoms with Gasteiger partial charge >= 0.3 is 0 Å². The molecule has 16 heavy (non-hydrogen) atoms. The van der Waals surface area contributed by atoms with Crippen molar-refractivity contribution in [2.75, 3.05) is 5.75 Å². The lowest BCUT2D eigenvalue weighted by Crippen LogP contribution is -2.03. The summed E-state index contributed by atoms with van der Waals surface area (Å²) in [5, 5.41) is 0. The number of Topliss-reactive ketones (excluding diaryl/α,β-unsaturated/α-hetero) is 1. The molecule has 0 radical (unpaired) electrons. The van der Waals surface area contributed by atoms with Gasteiger partial charge < -0.3 is 0 Å². The maximum absolute atomic E-state index is 11.8. The highest BCUT2D eigenvalue weighted by Crippen LogP contribution is 2.19. The van der Waals surface area contributed by atoms with Crippen molar-refractivity contribution in [1.82, 2.24) is 0 Å². The van der Waals surface area contributed by atoms with Crippen LogP contribution < -0.4 is 0 Å². The second-order valence-corrected chi connectivity index (χ2v) is 5.24. The highest BCUT2D eigenvalue weighted by Gasteiger charge is 2.07. The topological polar surface area (TPSA) is 17.1 Å². The minimum Gasteiger partial charge on any atom is -0.294 e. The van der Waals surface area contributed by atoms with Crippen molar-refractivity contribution >= 4 is 17.5 Å². The summed E-state index contributed by atoms with van der Waals surface area (Å²) in [5.74, 6) is 1.55. The first-order chi connectivity index (χ1) is 7.63. The zero-order chi connectivity index (χ0) is 12.0. The third-order valence-corrected chi connectivity index (χ3v) is 3.15. The van der Waals surface area contributed by atoms with Gasteiger partial charge in [0.2, 0.25) is 0 Å². The van der Waals surface area contributed by atoms with Crippen LogP contribution in [0.2, 0.25) is 0 Å². The van der Waals surface area contributed by atoms with Gasteiger partial charge in [0.25, 0.3) is 0 Å². The van der Waals surface area contributed by atoms with Crippen LogP contribution in [0, 0.1) is 5.92 Å². The Labute approximate surface area is 102 Å². The maximum atomic E-state index is 11.8. The van der Waals surface area contributed by atoms with Gasteiger partial charge in [0.1, 0.15) is 0 Å². The minimum absolute atomic E-state index is 0.232. The van der Waals surface area contributed by atoms with Crippen molar-refractivity contribution in [3.63, 3.8) is 0 Å². The number of carbonyl (C=O) groups is 1. The molecule has 1 aromatic rings. The summed E-state index contributed by atoms with van der Waals surface area (Å²) in [7, 11) is 0. The number of thioether (sulfide) groups is 1. The average molecular weight is 234 g/mol. The first kappa shape index (κ1) is 13.0. The smallest absolute Gasteiger partial charge is 0.163 e. The molecule has 0 N–H and O–H groups in total. The first-order valence-corrected chi connectivity index (χ1v) is 6.49. The molecule has 0 heterocycles. The van der Waals surface area contributed by atoms with Crippen LogP contribution in [0.3, 0.4) is 0 Å². The van der Waals surface area contributed by atoms with Crippen molar-refractivity contribution in [3.8, 4) is 0 Å². The third kappa shape index (κ3) is 4.23. The summed E-state index contributed by atoms with van der Waals surface area (Å²) in [6.07, 6.45) is 2.50. The lowest BCUT2D eigenvalue weighted by Gasteiger charge is -2.04. The van der Waals surface area contributed by atoms with E-state index in [0.29, 0.717) is 12.3 Å². The summed E-state index contributed by atoms with van der Waals surface area (Å²) in [6, 6.07) is 7.83. The van der Waals surface area contributed by atoms with Gasteiger partial charge in [0, 0.05) is 22.6 Å². The van der Waals surface area contributed by atoms with Gasteiger partial charge in [-0.15, -0.1) is 18.3 Å². The number of hydrogen-bond acceptors (Lipinski definition) is 2. The SMILES string of the molecule is C=CCSc1ccc(C(=O)CC(C)C)cc1. The summed E-state index contributed by atoms with van der Waals surface area (Å²) in [4.78, 5) is 12.9. The molecule has 2 heteroatoms. The van der Waals surface area contributed by atoms with Crippen LogP contribution in [0.15, 0.2) is 41.8 Å². The minimum atomic E-state index is 0.232. The number of ketones is 1. The normalized spacial score (nSPS) is 10.4. The standard InChI is InChI=1S/C14H18OS/c1-4-9-16-13-7-5-12(6-8-13)14(15)10-11(2)3/h4-8,11H,1,9-10H2,2-3H3. The van der Waals surface area contributed by atoms with Crippen molar-refractivity contribution in [1.29, 1.82) is 0 Å². The number of rotatable bonds is 6. The highest BCUT2D eigenvalue weighted by atomic mass is 32.2. The fourth-order valence-electron chi connectivity index (χ4n) is 1.38. The Bertz CT molecular complexity index is 352. The second-order valence-electron chi connectivity index (χ2n) is 4.15. The van der Waals surface area contributed by atoms with E-state index in [2.05, 4.69) is 20.4 Å². The highest BCUT2D eigenvalue weighted by molar-refractivity contribution is 7.99. The molecule has 0 amide bonds. The van der Waals surface area contributed by atoms with Gasteiger partial charge in [-0.3, -0.25) is 4.79 Å². The predicted octanol–water partition coefficient (Wildman–Crippen LogP) is 4.19. The van der Waals surface area contributed by atoms with E-state index in [4.69, 9.17) is 0 Å². The van der Waals surface area contributed by atoms with Gasteiger partial charge in [0.05, 0.1) is 0 Å². The van der Waals surface area contributed by atoms with E-state index >= 15 is 0 Å². The zero-order valence-electron chi connectivity index (χ0n) is 9.90. The van der Waals surface area contributed by atoms with Gasteiger partial charge in [-0.1, -0.05) is 32.1 Å². The van der Waals surface area contributed by atoms with E-state index < -0.39 is 0 Å². The van der Waals surface area contributed by atoms with Gasteiger partial charge in [-0.2, -0.15) is 0 Å². The zero-order valence-corrected chi connectivity index (χ0v) is 10.7. The average Bonchev–Trinajstić information content (AvgIpc) is 2.26. The predicted molar refractivity (Wildman–Crippen MR) is 71.1 cm³/mol. The first-order valence-electron chi connectivity index (χ1n) is 5.50. The molecule has 0 aliphatic rings. The largest absolute Gasteiger partial charge is 0.294 e. The van der Waals surface area contributed by atoms with Crippen LogP contribution >= 0.6 is 11.8 Å². The Morgan fingerprint density at radius 2 is 2.00 bits per heavy atom. The monoisotopic (exact) mass is 234 g/mol. The van der Waals surface area contributed by atoms with Crippen molar-refractivity contribution in [2.24, 2.45) is 5.92 Å². The number of carbonyl (C=O) groups excluding carboxylic acids is 1. The molecule has 0 saturated carbocycles. The van der Waals surface area contributed by atoms with Gasteiger partial charge in [-0.05, 0) is 18.1 Å². The number of benzene rings is 1. The lowest BCUT2D eigenvalue weighted by molar-refractivity contribution is 0.0968. The number of hydrogen-bond donors (Lipinski definition) is 0. The summed E-state index contributed by atoms with van der Waals surface area (Å²) in [6.45, 7) is 7.80. The Hall–Kier alpha value is -1.02. The molecule has 1 aromatic carbocycles. The third-order valence-electron chi connectivity index (χ3n) is 2.14. The van der Waals surface area contributed by atoms with Gasteiger partial charge in [-0.25, -0.2) is 0 Å². The Kier molecular flexibility index (Phi) is 5.33. The van der Waals surface area contributed by atoms with Crippen LogP contribution in [0.5, 0.6) is 0 Å². The maximum Gasteiger partial charge on any atom is 0.163 e. The molecule has 1 rings (SSSR count). The van der Waals surface area contributed by atoms with Crippen LogP contribution in [0.25, 0.3) is 0 Å². The van der Waals surface area contributed by atoms with E-state index in [0.717, 1.165) is 11.3 Å². The molecule has 0 spiro atoms. The molecule has 0 atom stereocenters. The fourth-order valence-corrected chi connectivity index (χ4v) is 2.02. The Morgan fingerprint density at radius 1 is 1.38 bits per heavy atom. The molecule has 86 valence electrons. The van der Waals surface area contributed by atoms with Crippen LogP contribution in [0.1, 0.15) is 30.6 Å². The molecule has 0 aliphatic carbocycles. The summed E-state index contributed by atoms with van der Waals surface area (Å²) < 4.78 is 0. The van der Waals surface area contributed by atoms with E-state index in [9.17, 15) is 4.79 Å². The molecule has 0 aliphatic heterocycles. The summed E-state index contributed by atoms with van der Waals surface area (Å²) >= 11 is 1.73. The second kappa shape index (κ2) is 6.54.